The monoisotopic (exact) mass is 447 g/mol. The maximum absolute atomic E-state index is 11.6. The molecule has 0 radical (unpaired) electrons. The second-order valence-corrected chi connectivity index (χ2v) is 8.53. The van der Waals surface area contributed by atoms with E-state index in [0.29, 0.717) is 29.8 Å². The minimum absolute atomic E-state index is 0.0715. The number of nitrogens with one attached hydrogen (secondary N) is 3. The molecule has 0 saturated heterocycles. The van der Waals surface area contributed by atoms with Crippen LogP contribution < -0.4 is 15.5 Å². The fourth-order valence-electron chi connectivity index (χ4n) is 3.41. The molecule has 0 aliphatic rings. The molecule has 0 fully saturated rings. The topological polar surface area (TPSA) is 127 Å². The van der Waals surface area contributed by atoms with Crippen LogP contribution in [0.4, 0.5) is 0 Å². The number of aromatic nitrogens is 1. The molecule has 0 amide bonds. The summed E-state index contributed by atoms with van der Waals surface area (Å²) in [5.74, 6) is -0.0715. The van der Waals surface area contributed by atoms with Crippen molar-refractivity contribution in [1.29, 1.82) is 0 Å². The first-order valence-electron chi connectivity index (χ1n) is 10.1. The second-order valence-electron chi connectivity index (χ2n) is 7.54. The number of hydrogen-bond donors (Lipinski definition) is 6. The number of phenols is 1. The highest BCUT2D eigenvalue weighted by Crippen LogP contribution is 2.32. The number of aliphatic hydroxyl groups is 2. The Morgan fingerprint density at radius 2 is 1.94 bits per heavy atom. The van der Waals surface area contributed by atoms with Crippen molar-refractivity contribution in [2.24, 2.45) is 0 Å². The number of aromatic hydroxyl groups is 1. The third kappa shape index (κ3) is 6.13. The van der Waals surface area contributed by atoms with E-state index >= 15 is 0 Å². The SMILES string of the molecule is COCC(C)NCc1cccc(CCNC(O)C(O)c2ccc(O)c3[nH]c(=O)sc23)c1. The molecule has 0 aliphatic carbocycles. The molecule has 0 bridgehead atoms. The molecule has 168 valence electrons. The summed E-state index contributed by atoms with van der Waals surface area (Å²) < 4.78 is 5.56. The quantitative estimate of drug-likeness (QED) is 0.247. The normalized spacial score (nSPS) is 14.6. The van der Waals surface area contributed by atoms with E-state index in [4.69, 9.17) is 4.74 Å². The molecule has 3 aromatic rings. The van der Waals surface area contributed by atoms with E-state index in [-0.39, 0.29) is 22.2 Å². The number of aromatic amines is 1. The van der Waals surface area contributed by atoms with E-state index < -0.39 is 12.3 Å². The predicted molar refractivity (Wildman–Crippen MR) is 121 cm³/mol. The van der Waals surface area contributed by atoms with Crippen molar-refractivity contribution in [2.45, 2.75) is 38.3 Å². The first kappa shape index (κ1) is 23.4. The molecule has 0 aliphatic heterocycles. The Labute approximate surface area is 184 Å². The second kappa shape index (κ2) is 10.9. The fourth-order valence-corrected chi connectivity index (χ4v) is 4.32. The van der Waals surface area contributed by atoms with Gasteiger partial charge in [0.1, 0.15) is 23.6 Å². The lowest BCUT2D eigenvalue weighted by Crippen LogP contribution is -2.36. The van der Waals surface area contributed by atoms with Crippen LogP contribution >= 0.6 is 11.3 Å². The lowest BCUT2D eigenvalue weighted by Gasteiger charge is -2.20. The number of thiazole rings is 1. The molecule has 3 atom stereocenters. The highest BCUT2D eigenvalue weighted by Gasteiger charge is 2.22. The zero-order valence-corrected chi connectivity index (χ0v) is 18.4. The van der Waals surface area contributed by atoms with Gasteiger partial charge in [-0.3, -0.25) is 10.1 Å². The van der Waals surface area contributed by atoms with Gasteiger partial charge in [0.15, 0.2) is 0 Å². The minimum Gasteiger partial charge on any atom is -0.506 e. The predicted octanol–water partition coefficient (Wildman–Crippen LogP) is 1.60. The Balaban J connectivity index is 1.56. The van der Waals surface area contributed by atoms with Crippen LogP contribution in [-0.4, -0.2) is 52.8 Å². The molecular formula is C22H29N3O5S. The number of phenolic OH excluding ortho intramolecular Hbond substituents is 1. The van der Waals surface area contributed by atoms with Crippen molar-refractivity contribution in [1.82, 2.24) is 15.6 Å². The zero-order chi connectivity index (χ0) is 22.4. The van der Waals surface area contributed by atoms with Gasteiger partial charge in [-0.05, 0) is 30.5 Å². The number of hydrogen-bond acceptors (Lipinski definition) is 8. The third-order valence-electron chi connectivity index (χ3n) is 5.04. The van der Waals surface area contributed by atoms with Gasteiger partial charge in [0.2, 0.25) is 0 Å². The molecule has 1 heterocycles. The van der Waals surface area contributed by atoms with Crippen LogP contribution in [0, 0.1) is 0 Å². The molecule has 3 rings (SSSR count). The van der Waals surface area contributed by atoms with E-state index in [1.807, 2.05) is 12.1 Å². The van der Waals surface area contributed by atoms with E-state index in [2.05, 4.69) is 34.7 Å². The third-order valence-corrected chi connectivity index (χ3v) is 5.97. The van der Waals surface area contributed by atoms with Crippen molar-refractivity contribution in [3.05, 3.63) is 62.8 Å². The fraction of sp³-hybridized carbons (Fsp3) is 0.409. The van der Waals surface area contributed by atoms with Crippen LogP contribution in [0.1, 0.15) is 29.7 Å². The van der Waals surface area contributed by atoms with Crippen molar-refractivity contribution >= 4 is 21.6 Å². The van der Waals surface area contributed by atoms with E-state index in [0.717, 1.165) is 29.0 Å². The molecule has 2 aromatic carbocycles. The number of H-pyrrole nitrogens is 1. The number of fused-ring (bicyclic) bond motifs is 1. The average molecular weight is 448 g/mol. The number of methoxy groups -OCH3 is 1. The van der Waals surface area contributed by atoms with Gasteiger partial charge in [-0.1, -0.05) is 41.7 Å². The lowest BCUT2D eigenvalue weighted by atomic mass is 10.1. The summed E-state index contributed by atoms with van der Waals surface area (Å²) in [6.45, 7) is 3.91. The minimum atomic E-state index is -1.24. The van der Waals surface area contributed by atoms with Crippen LogP contribution in [0.25, 0.3) is 10.2 Å². The summed E-state index contributed by atoms with van der Waals surface area (Å²) in [6, 6.07) is 11.4. The summed E-state index contributed by atoms with van der Waals surface area (Å²) in [5, 5.41) is 37.2. The maximum Gasteiger partial charge on any atom is 0.305 e. The average Bonchev–Trinajstić information content (AvgIpc) is 3.15. The Kier molecular flexibility index (Phi) is 8.19. The van der Waals surface area contributed by atoms with Crippen molar-refractivity contribution in [2.75, 3.05) is 20.3 Å². The Morgan fingerprint density at radius 3 is 2.71 bits per heavy atom. The lowest BCUT2D eigenvalue weighted by molar-refractivity contribution is -0.00168. The summed E-state index contributed by atoms with van der Waals surface area (Å²) in [5.41, 5.74) is 2.93. The standard InChI is InChI=1S/C22H29N3O5S/c1-13(12-30-2)24-11-15-5-3-4-14(10-15)8-9-23-21(28)19(27)16-6-7-17(26)18-20(16)31-22(29)25-18/h3-7,10,13,19,21,23-24,26-28H,8-9,11-12H2,1-2H3,(H,25,29). The molecular weight excluding hydrogens is 418 g/mol. The summed E-state index contributed by atoms with van der Waals surface area (Å²) in [6.07, 6.45) is -1.79. The zero-order valence-electron chi connectivity index (χ0n) is 17.6. The van der Waals surface area contributed by atoms with Gasteiger partial charge in [-0.15, -0.1) is 0 Å². The van der Waals surface area contributed by atoms with Crippen LogP contribution in [0.3, 0.4) is 0 Å². The first-order valence-corrected chi connectivity index (χ1v) is 10.9. The van der Waals surface area contributed by atoms with Crippen molar-refractivity contribution < 1.29 is 20.1 Å². The summed E-state index contributed by atoms with van der Waals surface area (Å²) in [7, 11) is 1.68. The Bertz CT molecular complexity index is 1050. The Hall–Kier alpha value is -2.27. The molecule has 6 N–H and O–H groups in total. The van der Waals surface area contributed by atoms with Gasteiger partial charge < -0.3 is 30.4 Å². The van der Waals surface area contributed by atoms with E-state index in [9.17, 15) is 20.1 Å². The van der Waals surface area contributed by atoms with Gasteiger partial charge in [0.25, 0.3) is 0 Å². The molecule has 0 spiro atoms. The number of aliphatic hydroxyl groups excluding tert-OH is 2. The van der Waals surface area contributed by atoms with Gasteiger partial charge in [-0.2, -0.15) is 0 Å². The molecule has 0 saturated carbocycles. The first-order chi connectivity index (χ1) is 14.9. The van der Waals surface area contributed by atoms with E-state index in [1.165, 1.54) is 12.1 Å². The largest absolute Gasteiger partial charge is 0.506 e. The molecule has 1 aromatic heterocycles. The van der Waals surface area contributed by atoms with Crippen LogP contribution in [0.15, 0.2) is 41.2 Å². The van der Waals surface area contributed by atoms with Crippen LogP contribution in [0.5, 0.6) is 5.75 Å². The molecule has 3 unspecified atom stereocenters. The Morgan fingerprint density at radius 1 is 1.16 bits per heavy atom. The molecule has 8 nitrogen and oxygen atoms in total. The maximum atomic E-state index is 11.6. The molecule has 31 heavy (non-hydrogen) atoms. The highest BCUT2D eigenvalue weighted by atomic mass is 32.1. The van der Waals surface area contributed by atoms with Gasteiger partial charge in [0, 0.05) is 31.8 Å². The summed E-state index contributed by atoms with van der Waals surface area (Å²) >= 11 is 0.887. The van der Waals surface area contributed by atoms with Gasteiger partial charge in [0.05, 0.1) is 11.3 Å². The summed E-state index contributed by atoms with van der Waals surface area (Å²) in [4.78, 5) is 13.8. The number of benzene rings is 2. The van der Waals surface area contributed by atoms with Gasteiger partial charge in [-0.25, -0.2) is 0 Å². The van der Waals surface area contributed by atoms with Crippen molar-refractivity contribution in [3.63, 3.8) is 0 Å². The van der Waals surface area contributed by atoms with Crippen LogP contribution in [0.2, 0.25) is 0 Å². The molecule has 9 heteroatoms. The highest BCUT2D eigenvalue weighted by molar-refractivity contribution is 7.16. The number of ether oxygens (including phenoxy) is 1. The van der Waals surface area contributed by atoms with Gasteiger partial charge >= 0.3 is 4.87 Å². The van der Waals surface area contributed by atoms with Crippen molar-refractivity contribution in [3.8, 4) is 5.75 Å². The van der Waals surface area contributed by atoms with E-state index in [1.54, 1.807) is 7.11 Å². The smallest absolute Gasteiger partial charge is 0.305 e. The van der Waals surface area contributed by atoms with Crippen LogP contribution in [-0.2, 0) is 17.7 Å². The number of rotatable bonds is 11.